The van der Waals surface area contributed by atoms with E-state index in [1.54, 1.807) is 0 Å². The van der Waals surface area contributed by atoms with Crippen LogP contribution >= 0.6 is 0 Å². The minimum absolute atomic E-state index is 0.0452. The first-order valence-corrected chi connectivity index (χ1v) is 12.5. The molecule has 1 heterocycles. The first kappa shape index (κ1) is 23.0. The molecule has 176 valence electrons. The molecule has 1 N–H and O–H groups in total. The zero-order valence-corrected chi connectivity index (χ0v) is 19.1. The van der Waals surface area contributed by atoms with Gasteiger partial charge in [0.2, 0.25) is 10.0 Å². The second-order valence-electron chi connectivity index (χ2n) is 8.73. The fourth-order valence-electron chi connectivity index (χ4n) is 5.11. The van der Waals surface area contributed by atoms with Crippen LogP contribution in [0.3, 0.4) is 0 Å². The van der Waals surface area contributed by atoms with Gasteiger partial charge in [-0.25, -0.2) is 8.42 Å². The normalized spacial score (nSPS) is 25.5. The third-order valence-electron chi connectivity index (χ3n) is 6.73. The molecule has 1 amide bonds. The zero-order chi connectivity index (χ0) is 22.7. The fraction of sp³-hybridized carbons (Fsp3) is 0.636. The number of rotatable bonds is 8. The number of esters is 1. The number of hydrogen-bond acceptors (Lipinski definition) is 7. The molecular weight excluding hydrogens is 436 g/mol. The van der Waals surface area contributed by atoms with Crippen molar-refractivity contribution in [3.63, 3.8) is 0 Å². The molecule has 0 aromatic heterocycles. The summed E-state index contributed by atoms with van der Waals surface area (Å²) in [5.74, 6) is 1.12. The Bertz CT molecular complexity index is 959. The quantitative estimate of drug-likeness (QED) is 0.584. The number of benzene rings is 1. The molecule has 4 rings (SSSR count). The summed E-state index contributed by atoms with van der Waals surface area (Å²) in [6.07, 6.45) is 5.09. The van der Waals surface area contributed by atoms with Gasteiger partial charge in [0.15, 0.2) is 6.61 Å². The molecule has 3 aliphatic rings. The van der Waals surface area contributed by atoms with Gasteiger partial charge >= 0.3 is 5.97 Å². The van der Waals surface area contributed by atoms with Crippen molar-refractivity contribution in [2.75, 3.05) is 45.3 Å². The number of hydrogen-bond donors (Lipinski definition) is 1. The van der Waals surface area contributed by atoms with Crippen molar-refractivity contribution in [2.24, 2.45) is 17.8 Å². The predicted molar refractivity (Wildman–Crippen MR) is 116 cm³/mol. The Balaban J connectivity index is 1.35. The number of morpholine rings is 1. The Hall–Kier alpha value is -2.17. The highest BCUT2D eigenvalue weighted by molar-refractivity contribution is 7.89. The van der Waals surface area contributed by atoms with Gasteiger partial charge in [-0.2, -0.15) is 4.31 Å². The number of methoxy groups -OCH3 is 1. The molecule has 1 saturated heterocycles. The average Bonchev–Trinajstić information content (AvgIpc) is 3.41. The van der Waals surface area contributed by atoms with Crippen LogP contribution in [0.2, 0.25) is 0 Å². The zero-order valence-electron chi connectivity index (χ0n) is 18.2. The van der Waals surface area contributed by atoms with Crippen LogP contribution in [0.25, 0.3) is 0 Å². The minimum atomic E-state index is -3.73. The summed E-state index contributed by atoms with van der Waals surface area (Å²) in [6, 6.07) is 4.29. The summed E-state index contributed by atoms with van der Waals surface area (Å²) in [4.78, 5) is 24.6. The van der Waals surface area contributed by atoms with Crippen molar-refractivity contribution in [2.45, 2.75) is 37.0 Å². The number of ether oxygens (including phenoxy) is 3. The third kappa shape index (κ3) is 5.07. The van der Waals surface area contributed by atoms with Crippen LogP contribution in [0.4, 0.5) is 5.69 Å². The van der Waals surface area contributed by atoms with Crippen molar-refractivity contribution in [3.05, 3.63) is 18.2 Å². The van der Waals surface area contributed by atoms with Gasteiger partial charge in [-0.3, -0.25) is 9.59 Å². The Kier molecular flexibility index (Phi) is 7.02. The van der Waals surface area contributed by atoms with E-state index in [1.807, 2.05) is 0 Å². The summed E-state index contributed by atoms with van der Waals surface area (Å²) in [7, 11) is -2.30. The van der Waals surface area contributed by atoms with E-state index >= 15 is 0 Å². The molecule has 1 aliphatic heterocycles. The lowest BCUT2D eigenvalue weighted by atomic mass is 9.86. The molecule has 2 bridgehead atoms. The maximum absolute atomic E-state index is 12.9. The lowest BCUT2D eigenvalue weighted by molar-refractivity contribution is -0.148. The van der Waals surface area contributed by atoms with Crippen molar-refractivity contribution >= 4 is 27.6 Å². The smallest absolute Gasteiger partial charge is 0.306 e. The maximum Gasteiger partial charge on any atom is 0.306 e. The van der Waals surface area contributed by atoms with Crippen LogP contribution in [0.5, 0.6) is 5.75 Å². The number of anilines is 1. The van der Waals surface area contributed by atoms with Gasteiger partial charge in [-0.05, 0) is 55.2 Å². The Morgan fingerprint density at radius 2 is 1.97 bits per heavy atom. The summed E-state index contributed by atoms with van der Waals surface area (Å²) >= 11 is 0. The van der Waals surface area contributed by atoms with Crippen LogP contribution in [0.15, 0.2) is 23.1 Å². The molecule has 1 aromatic carbocycles. The van der Waals surface area contributed by atoms with Gasteiger partial charge in [0, 0.05) is 19.5 Å². The largest absolute Gasteiger partial charge is 0.495 e. The number of nitrogens with zero attached hydrogens (tertiary/aromatic N) is 1. The topological polar surface area (TPSA) is 111 Å². The van der Waals surface area contributed by atoms with Gasteiger partial charge in [0.05, 0.1) is 30.9 Å². The van der Waals surface area contributed by atoms with Crippen LogP contribution in [-0.4, -0.2) is 64.6 Å². The number of amides is 1. The highest BCUT2D eigenvalue weighted by atomic mass is 32.2. The number of nitrogens with one attached hydrogen (secondary N) is 1. The van der Waals surface area contributed by atoms with Crippen molar-refractivity contribution < 1.29 is 32.2 Å². The average molecular weight is 467 g/mol. The highest BCUT2D eigenvalue weighted by Crippen LogP contribution is 2.49. The molecule has 2 aliphatic carbocycles. The summed E-state index contributed by atoms with van der Waals surface area (Å²) < 4.78 is 42.8. The molecule has 0 unspecified atom stereocenters. The molecule has 1 aromatic rings. The van der Waals surface area contributed by atoms with E-state index in [4.69, 9.17) is 14.2 Å². The second kappa shape index (κ2) is 9.76. The Morgan fingerprint density at radius 3 is 2.62 bits per heavy atom. The monoisotopic (exact) mass is 466 g/mol. The minimum Gasteiger partial charge on any atom is -0.495 e. The molecule has 2 saturated carbocycles. The fourth-order valence-corrected chi connectivity index (χ4v) is 6.55. The second-order valence-corrected chi connectivity index (χ2v) is 10.7. The molecule has 3 fully saturated rings. The molecule has 10 heteroatoms. The van der Waals surface area contributed by atoms with E-state index < -0.39 is 22.5 Å². The number of carbonyl (C=O) groups is 2. The van der Waals surface area contributed by atoms with Gasteiger partial charge in [-0.15, -0.1) is 0 Å². The van der Waals surface area contributed by atoms with Crippen LogP contribution in [0.1, 0.15) is 32.1 Å². The number of fused-ring (bicyclic) bond motifs is 2. The molecular formula is C22H30N2O7S. The lowest BCUT2D eigenvalue weighted by Crippen LogP contribution is -2.40. The van der Waals surface area contributed by atoms with E-state index in [0.717, 1.165) is 12.3 Å². The SMILES string of the molecule is COc1ccc(S(=O)(=O)N2CCOCC2)cc1NC(=O)COC(=O)C[C@H]1C[C@H]2CC[C@@H]1C2. The van der Waals surface area contributed by atoms with Crippen molar-refractivity contribution in [3.8, 4) is 5.75 Å². The molecule has 0 spiro atoms. The van der Waals surface area contributed by atoms with Gasteiger partial charge in [0.1, 0.15) is 5.75 Å². The van der Waals surface area contributed by atoms with Gasteiger partial charge in [0.25, 0.3) is 5.91 Å². The first-order valence-electron chi connectivity index (χ1n) is 11.1. The van der Waals surface area contributed by atoms with Gasteiger partial charge in [-0.1, -0.05) is 6.42 Å². The van der Waals surface area contributed by atoms with E-state index in [-0.39, 0.29) is 29.6 Å². The molecule has 9 nitrogen and oxygen atoms in total. The summed E-state index contributed by atoms with van der Waals surface area (Å²) in [5, 5.41) is 2.60. The van der Waals surface area contributed by atoms with Gasteiger partial charge < -0.3 is 19.5 Å². The Morgan fingerprint density at radius 1 is 1.19 bits per heavy atom. The predicted octanol–water partition coefficient (Wildman–Crippen LogP) is 2.02. The standard InChI is InChI=1S/C22H30N2O7S/c1-29-20-5-4-18(32(27,28)24-6-8-30-9-7-24)13-19(20)23-21(25)14-31-22(26)12-17-11-15-2-3-16(17)10-15/h4-5,13,15-17H,2-3,6-12,14H2,1H3,(H,23,25)/t15-,16+,17+/m0/s1. The first-order chi connectivity index (χ1) is 15.4. The lowest BCUT2D eigenvalue weighted by Gasteiger charge is -2.26. The molecule has 3 atom stereocenters. The van der Waals surface area contributed by atoms with Crippen LogP contribution < -0.4 is 10.1 Å². The van der Waals surface area contributed by atoms with E-state index in [0.29, 0.717) is 37.2 Å². The van der Waals surface area contributed by atoms with E-state index in [9.17, 15) is 18.0 Å². The summed E-state index contributed by atoms with van der Waals surface area (Å²) in [5.41, 5.74) is 0.205. The number of carbonyl (C=O) groups excluding carboxylic acids is 2. The van der Waals surface area contributed by atoms with Crippen LogP contribution in [0, 0.1) is 17.8 Å². The molecule has 32 heavy (non-hydrogen) atoms. The molecule has 0 radical (unpaired) electrons. The van der Waals surface area contributed by atoms with Crippen molar-refractivity contribution in [1.29, 1.82) is 0 Å². The van der Waals surface area contributed by atoms with Crippen LogP contribution in [-0.2, 0) is 29.1 Å². The Labute approximate surface area is 188 Å². The van der Waals surface area contributed by atoms with Crippen molar-refractivity contribution in [1.82, 2.24) is 4.31 Å². The summed E-state index contributed by atoms with van der Waals surface area (Å²) in [6.45, 7) is 0.797. The number of sulfonamides is 1. The maximum atomic E-state index is 12.9. The van der Waals surface area contributed by atoms with E-state index in [2.05, 4.69) is 5.32 Å². The third-order valence-corrected chi connectivity index (χ3v) is 8.63. The highest BCUT2D eigenvalue weighted by Gasteiger charge is 2.40. The van der Waals surface area contributed by atoms with E-state index in [1.165, 1.54) is 48.9 Å².